The van der Waals surface area contributed by atoms with Gasteiger partial charge in [0, 0.05) is 18.1 Å². The molecule has 0 atom stereocenters. The van der Waals surface area contributed by atoms with Gasteiger partial charge in [0.1, 0.15) is 0 Å². The van der Waals surface area contributed by atoms with Crippen LogP contribution in [0, 0.1) is 0 Å². The Balaban J connectivity index is 1.96. The average Bonchev–Trinajstić information content (AvgIpc) is 2.61. The number of nitrogens with zero attached hydrogens (tertiary/aromatic N) is 1. The number of hydrogen-bond acceptors (Lipinski definition) is 2. The molecule has 0 radical (unpaired) electrons. The summed E-state index contributed by atoms with van der Waals surface area (Å²) in [6.45, 7) is 1.46. The van der Waals surface area contributed by atoms with Crippen LogP contribution in [-0.2, 0) is 6.18 Å². The molecule has 1 aliphatic rings. The van der Waals surface area contributed by atoms with E-state index < -0.39 is 17.6 Å². The predicted octanol–water partition coefficient (Wildman–Crippen LogP) is 6.25. The van der Waals surface area contributed by atoms with E-state index >= 15 is 0 Å². The molecular formula is C19H17Cl2F3N2O. The van der Waals surface area contributed by atoms with Gasteiger partial charge in [-0.25, -0.2) is 0 Å². The fourth-order valence-electron chi connectivity index (χ4n) is 3.09. The van der Waals surface area contributed by atoms with Crippen molar-refractivity contribution in [1.82, 2.24) is 0 Å². The molecule has 2 aromatic rings. The number of piperidine rings is 1. The lowest BCUT2D eigenvalue weighted by molar-refractivity contribution is -0.137. The van der Waals surface area contributed by atoms with Gasteiger partial charge in [-0.15, -0.1) is 0 Å². The number of benzene rings is 2. The predicted molar refractivity (Wildman–Crippen MR) is 102 cm³/mol. The van der Waals surface area contributed by atoms with Crippen molar-refractivity contribution in [3.63, 3.8) is 0 Å². The quantitative estimate of drug-likeness (QED) is 0.640. The standard InChI is InChI=1S/C19H17Cl2F3N2O/c20-13-5-6-14(15(21)11-13)18(27)25-16-10-12(19(22,23)24)4-7-17(16)26-8-2-1-3-9-26/h4-7,10-11H,1-3,8-9H2,(H,25,27). The Kier molecular flexibility index (Phi) is 5.86. The van der Waals surface area contributed by atoms with Crippen molar-refractivity contribution in [3.8, 4) is 0 Å². The molecule has 144 valence electrons. The van der Waals surface area contributed by atoms with Gasteiger partial charge >= 0.3 is 6.18 Å². The molecule has 27 heavy (non-hydrogen) atoms. The third-order valence-electron chi connectivity index (χ3n) is 4.44. The molecule has 0 saturated carbocycles. The van der Waals surface area contributed by atoms with Crippen molar-refractivity contribution >= 4 is 40.5 Å². The Labute approximate surface area is 165 Å². The number of anilines is 2. The first-order chi connectivity index (χ1) is 12.8. The van der Waals surface area contributed by atoms with Gasteiger partial charge < -0.3 is 10.2 Å². The molecular weight excluding hydrogens is 400 g/mol. The fourth-order valence-corrected chi connectivity index (χ4v) is 3.58. The van der Waals surface area contributed by atoms with E-state index in [9.17, 15) is 18.0 Å². The normalized spacial score (nSPS) is 14.9. The van der Waals surface area contributed by atoms with Crippen molar-refractivity contribution in [2.45, 2.75) is 25.4 Å². The van der Waals surface area contributed by atoms with Gasteiger partial charge in [0.15, 0.2) is 0 Å². The number of halogens is 5. The van der Waals surface area contributed by atoms with Crippen molar-refractivity contribution < 1.29 is 18.0 Å². The lowest BCUT2D eigenvalue weighted by Crippen LogP contribution is -2.30. The maximum atomic E-state index is 13.1. The zero-order valence-electron chi connectivity index (χ0n) is 14.2. The zero-order chi connectivity index (χ0) is 19.6. The highest BCUT2D eigenvalue weighted by atomic mass is 35.5. The molecule has 1 saturated heterocycles. The molecule has 1 fully saturated rings. The number of alkyl halides is 3. The number of carbonyl (C=O) groups is 1. The SMILES string of the molecule is O=C(Nc1cc(C(F)(F)F)ccc1N1CCCCC1)c1ccc(Cl)cc1Cl. The largest absolute Gasteiger partial charge is 0.416 e. The van der Waals surface area contributed by atoms with Crippen molar-refractivity contribution in [3.05, 3.63) is 57.6 Å². The Hall–Kier alpha value is -1.92. The molecule has 2 aromatic carbocycles. The van der Waals surface area contributed by atoms with Crippen LogP contribution in [0.2, 0.25) is 10.0 Å². The molecule has 1 aliphatic heterocycles. The van der Waals surface area contributed by atoms with Crippen LogP contribution in [0.4, 0.5) is 24.5 Å². The fraction of sp³-hybridized carbons (Fsp3) is 0.316. The molecule has 1 heterocycles. The van der Waals surface area contributed by atoms with Gasteiger partial charge in [-0.2, -0.15) is 13.2 Å². The highest BCUT2D eigenvalue weighted by molar-refractivity contribution is 6.37. The van der Waals surface area contributed by atoms with Crippen LogP contribution < -0.4 is 10.2 Å². The maximum absolute atomic E-state index is 13.1. The molecule has 0 unspecified atom stereocenters. The summed E-state index contributed by atoms with van der Waals surface area (Å²) in [6.07, 6.45) is -1.51. The highest BCUT2D eigenvalue weighted by Crippen LogP contribution is 2.36. The topological polar surface area (TPSA) is 32.3 Å². The molecule has 0 aromatic heterocycles. The summed E-state index contributed by atoms with van der Waals surface area (Å²) in [4.78, 5) is 14.6. The monoisotopic (exact) mass is 416 g/mol. The second-order valence-electron chi connectivity index (χ2n) is 6.36. The van der Waals surface area contributed by atoms with Crippen molar-refractivity contribution in [1.29, 1.82) is 0 Å². The Morgan fingerprint density at radius 1 is 1.00 bits per heavy atom. The Bertz CT molecular complexity index is 849. The van der Waals surface area contributed by atoms with Crippen LogP contribution in [0.5, 0.6) is 0 Å². The first-order valence-corrected chi connectivity index (χ1v) is 9.24. The Morgan fingerprint density at radius 3 is 2.33 bits per heavy atom. The zero-order valence-corrected chi connectivity index (χ0v) is 15.8. The van der Waals surface area contributed by atoms with Gasteiger partial charge in [0.05, 0.1) is 27.5 Å². The number of nitrogens with one attached hydrogen (secondary N) is 1. The lowest BCUT2D eigenvalue weighted by Gasteiger charge is -2.31. The maximum Gasteiger partial charge on any atom is 0.416 e. The molecule has 3 nitrogen and oxygen atoms in total. The van der Waals surface area contributed by atoms with Crippen molar-refractivity contribution in [2.75, 3.05) is 23.3 Å². The van der Waals surface area contributed by atoms with E-state index in [-0.39, 0.29) is 16.3 Å². The molecule has 1 N–H and O–H groups in total. The van der Waals surface area contributed by atoms with Gasteiger partial charge in [-0.3, -0.25) is 4.79 Å². The minimum Gasteiger partial charge on any atom is -0.370 e. The van der Waals surface area contributed by atoms with E-state index in [1.807, 2.05) is 4.90 Å². The van der Waals surface area contributed by atoms with Crippen LogP contribution in [0.25, 0.3) is 0 Å². The second-order valence-corrected chi connectivity index (χ2v) is 7.20. The minimum absolute atomic E-state index is 0.114. The molecule has 1 amide bonds. The first kappa shape index (κ1) is 19.8. The smallest absolute Gasteiger partial charge is 0.370 e. The van der Waals surface area contributed by atoms with E-state index in [0.29, 0.717) is 10.7 Å². The summed E-state index contributed by atoms with van der Waals surface area (Å²) in [6, 6.07) is 7.76. The van der Waals surface area contributed by atoms with Crippen molar-refractivity contribution in [2.24, 2.45) is 0 Å². The summed E-state index contributed by atoms with van der Waals surface area (Å²) in [5, 5.41) is 3.09. The van der Waals surface area contributed by atoms with Gasteiger partial charge in [0.2, 0.25) is 0 Å². The summed E-state index contributed by atoms with van der Waals surface area (Å²) in [7, 11) is 0. The van der Waals surface area contributed by atoms with E-state index in [0.717, 1.165) is 44.5 Å². The third kappa shape index (κ3) is 4.68. The third-order valence-corrected chi connectivity index (χ3v) is 4.99. The van der Waals surface area contributed by atoms with Gasteiger partial charge in [-0.1, -0.05) is 23.2 Å². The highest BCUT2D eigenvalue weighted by Gasteiger charge is 2.32. The second kappa shape index (κ2) is 7.98. The molecule has 3 rings (SSSR count). The summed E-state index contributed by atoms with van der Waals surface area (Å²) < 4.78 is 39.4. The molecule has 0 aliphatic carbocycles. The molecule has 0 spiro atoms. The number of hydrogen-bond donors (Lipinski definition) is 1. The number of rotatable bonds is 3. The summed E-state index contributed by atoms with van der Waals surface area (Å²) in [5.41, 5.74) is 0.00714. The first-order valence-electron chi connectivity index (χ1n) is 8.48. The average molecular weight is 417 g/mol. The van der Waals surface area contributed by atoms with E-state index in [1.54, 1.807) is 0 Å². The van der Waals surface area contributed by atoms with Crippen LogP contribution in [0.1, 0.15) is 35.2 Å². The number of amides is 1. The van der Waals surface area contributed by atoms with E-state index in [2.05, 4.69) is 5.32 Å². The van der Waals surface area contributed by atoms with Crippen LogP contribution >= 0.6 is 23.2 Å². The van der Waals surface area contributed by atoms with E-state index in [4.69, 9.17) is 23.2 Å². The minimum atomic E-state index is -4.50. The van der Waals surface area contributed by atoms with Crippen LogP contribution in [0.3, 0.4) is 0 Å². The van der Waals surface area contributed by atoms with Gasteiger partial charge in [0.25, 0.3) is 5.91 Å². The molecule has 0 bridgehead atoms. The summed E-state index contributed by atoms with van der Waals surface area (Å²) >= 11 is 11.9. The summed E-state index contributed by atoms with van der Waals surface area (Å²) in [5.74, 6) is -0.589. The number of carbonyl (C=O) groups excluding carboxylic acids is 1. The van der Waals surface area contributed by atoms with Gasteiger partial charge in [-0.05, 0) is 55.7 Å². The lowest BCUT2D eigenvalue weighted by atomic mass is 10.1. The van der Waals surface area contributed by atoms with Crippen LogP contribution in [-0.4, -0.2) is 19.0 Å². The molecule has 8 heteroatoms. The van der Waals surface area contributed by atoms with E-state index in [1.165, 1.54) is 24.3 Å². The van der Waals surface area contributed by atoms with Crippen LogP contribution in [0.15, 0.2) is 36.4 Å². The Morgan fingerprint density at radius 2 is 1.70 bits per heavy atom.